The van der Waals surface area contributed by atoms with Gasteiger partial charge in [0.1, 0.15) is 6.04 Å². The number of benzene rings is 3. The molecule has 0 saturated carbocycles. The Bertz CT molecular complexity index is 1110. The van der Waals surface area contributed by atoms with Crippen LogP contribution < -0.4 is 5.32 Å². The average Bonchev–Trinajstić information content (AvgIpc) is 2.87. The number of nitrogens with zero attached hydrogens (tertiary/aromatic N) is 1. The van der Waals surface area contributed by atoms with Gasteiger partial charge in [0.2, 0.25) is 11.8 Å². The van der Waals surface area contributed by atoms with E-state index in [0.717, 1.165) is 28.7 Å². The number of halogens is 1. The zero-order valence-electron chi connectivity index (χ0n) is 20.4. The smallest absolute Gasteiger partial charge is 0.243 e. The molecular weight excluding hydrogens is 476 g/mol. The van der Waals surface area contributed by atoms with Crippen LogP contribution in [0.4, 0.5) is 0 Å². The van der Waals surface area contributed by atoms with E-state index in [4.69, 9.17) is 11.6 Å². The highest BCUT2D eigenvalue weighted by atomic mass is 35.5. The van der Waals surface area contributed by atoms with Gasteiger partial charge >= 0.3 is 0 Å². The second-order valence-corrected chi connectivity index (χ2v) is 9.92. The summed E-state index contributed by atoms with van der Waals surface area (Å²) in [6.45, 7) is 5.02. The summed E-state index contributed by atoms with van der Waals surface area (Å²) in [5, 5.41) is 3.72. The van der Waals surface area contributed by atoms with Crippen molar-refractivity contribution in [3.05, 3.63) is 106 Å². The first kappa shape index (κ1) is 26.8. The molecule has 4 nitrogen and oxygen atoms in total. The molecule has 6 heteroatoms. The number of amides is 2. The van der Waals surface area contributed by atoms with E-state index in [1.54, 1.807) is 4.90 Å². The van der Waals surface area contributed by atoms with Gasteiger partial charge in [-0.15, -0.1) is 11.8 Å². The van der Waals surface area contributed by atoms with Gasteiger partial charge in [0.15, 0.2) is 0 Å². The van der Waals surface area contributed by atoms with Gasteiger partial charge in [0.05, 0.1) is 5.75 Å². The Morgan fingerprint density at radius 2 is 1.60 bits per heavy atom. The Kier molecular flexibility index (Phi) is 10.7. The van der Waals surface area contributed by atoms with Crippen LogP contribution in [0.2, 0.25) is 5.02 Å². The molecule has 3 rings (SSSR count). The lowest BCUT2D eigenvalue weighted by atomic mass is 10.0. The summed E-state index contributed by atoms with van der Waals surface area (Å²) < 4.78 is 0. The number of hydrogen-bond donors (Lipinski definition) is 1. The maximum atomic E-state index is 13.6. The molecule has 0 radical (unpaired) electrons. The van der Waals surface area contributed by atoms with Crippen molar-refractivity contribution in [1.29, 1.82) is 0 Å². The number of hydrogen-bond acceptors (Lipinski definition) is 3. The summed E-state index contributed by atoms with van der Waals surface area (Å²) >= 11 is 7.81. The Balaban J connectivity index is 1.85. The quantitative estimate of drug-likeness (QED) is 0.324. The standard InChI is InChI=1S/C29H33ClN2O2S/c1-3-17-31-29(34)27(18-23-12-5-4-6-13-23)32(19-24-14-8-7-11-22(24)2)28(33)21-35-20-25-15-9-10-16-26(25)30/h4-16,27H,3,17-21H2,1-2H3,(H,31,34)/t27-/m1/s1. The van der Waals surface area contributed by atoms with Gasteiger partial charge in [0.25, 0.3) is 0 Å². The summed E-state index contributed by atoms with van der Waals surface area (Å²) in [5.41, 5.74) is 4.16. The minimum absolute atomic E-state index is 0.0575. The highest BCUT2D eigenvalue weighted by Gasteiger charge is 2.30. The van der Waals surface area contributed by atoms with E-state index in [1.165, 1.54) is 11.8 Å². The predicted molar refractivity (Wildman–Crippen MR) is 147 cm³/mol. The van der Waals surface area contributed by atoms with Crippen molar-refractivity contribution in [1.82, 2.24) is 10.2 Å². The van der Waals surface area contributed by atoms with Crippen molar-refractivity contribution < 1.29 is 9.59 Å². The van der Waals surface area contributed by atoms with Gasteiger partial charge in [-0.05, 0) is 41.7 Å². The fourth-order valence-corrected chi connectivity index (χ4v) is 5.03. The normalized spacial score (nSPS) is 11.6. The third-order valence-electron chi connectivity index (χ3n) is 5.86. The number of carbonyl (C=O) groups is 2. The lowest BCUT2D eigenvalue weighted by Crippen LogP contribution is -2.51. The summed E-state index contributed by atoms with van der Waals surface area (Å²) in [6, 6.07) is 25.0. The van der Waals surface area contributed by atoms with Crippen molar-refractivity contribution >= 4 is 35.2 Å². The molecular formula is C29H33ClN2O2S. The third-order valence-corrected chi connectivity index (χ3v) is 7.20. The molecule has 0 unspecified atom stereocenters. The van der Waals surface area contributed by atoms with Crippen LogP contribution in [-0.4, -0.2) is 35.1 Å². The Morgan fingerprint density at radius 3 is 2.29 bits per heavy atom. The minimum atomic E-state index is -0.600. The van der Waals surface area contributed by atoms with E-state index in [0.29, 0.717) is 30.3 Å². The van der Waals surface area contributed by atoms with E-state index >= 15 is 0 Å². The zero-order chi connectivity index (χ0) is 25.0. The Morgan fingerprint density at radius 1 is 0.943 bits per heavy atom. The first-order chi connectivity index (χ1) is 17.0. The molecule has 3 aromatic rings. The van der Waals surface area contributed by atoms with Crippen LogP contribution in [0.25, 0.3) is 0 Å². The average molecular weight is 509 g/mol. The van der Waals surface area contributed by atoms with Crippen LogP contribution in [0, 0.1) is 6.92 Å². The Hall–Kier alpha value is -2.76. The van der Waals surface area contributed by atoms with E-state index in [9.17, 15) is 9.59 Å². The monoisotopic (exact) mass is 508 g/mol. The fourth-order valence-electron chi connectivity index (χ4n) is 3.84. The van der Waals surface area contributed by atoms with Gasteiger partial charge < -0.3 is 10.2 Å². The van der Waals surface area contributed by atoms with Gasteiger partial charge in [-0.25, -0.2) is 0 Å². The van der Waals surface area contributed by atoms with Gasteiger partial charge in [-0.3, -0.25) is 9.59 Å². The van der Waals surface area contributed by atoms with Gasteiger partial charge in [-0.2, -0.15) is 0 Å². The van der Waals surface area contributed by atoms with Crippen LogP contribution in [0.15, 0.2) is 78.9 Å². The Labute approximate surface area is 218 Å². The summed E-state index contributed by atoms with van der Waals surface area (Å²) in [7, 11) is 0. The van der Waals surface area contributed by atoms with Crippen LogP contribution in [0.3, 0.4) is 0 Å². The number of carbonyl (C=O) groups excluding carboxylic acids is 2. The molecule has 184 valence electrons. The number of rotatable bonds is 12. The molecule has 0 bridgehead atoms. The maximum Gasteiger partial charge on any atom is 0.243 e. The zero-order valence-corrected chi connectivity index (χ0v) is 21.9. The van der Waals surface area contributed by atoms with Crippen molar-refractivity contribution in [2.45, 2.75) is 45.0 Å². The largest absolute Gasteiger partial charge is 0.354 e. The molecule has 0 aliphatic carbocycles. The number of nitrogens with one attached hydrogen (secondary N) is 1. The second-order valence-electron chi connectivity index (χ2n) is 8.53. The fraction of sp³-hybridized carbons (Fsp3) is 0.310. The number of thioether (sulfide) groups is 1. The second kappa shape index (κ2) is 14.0. The molecule has 2 amide bonds. The van der Waals surface area contributed by atoms with Crippen molar-refractivity contribution in [3.63, 3.8) is 0 Å². The van der Waals surface area contributed by atoms with Gasteiger partial charge in [0, 0.05) is 30.3 Å². The highest BCUT2D eigenvalue weighted by molar-refractivity contribution is 7.99. The minimum Gasteiger partial charge on any atom is -0.354 e. The highest BCUT2D eigenvalue weighted by Crippen LogP contribution is 2.23. The van der Waals surface area contributed by atoms with E-state index < -0.39 is 6.04 Å². The maximum absolute atomic E-state index is 13.6. The van der Waals surface area contributed by atoms with E-state index in [1.807, 2.05) is 92.7 Å². The predicted octanol–water partition coefficient (Wildman–Crippen LogP) is 6.05. The van der Waals surface area contributed by atoms with Crippen LogP contribution >= 0.6 is 23.4 Å². The molecule has 0 aromatic heterocycles. The van der Waals surface area contributed by atoms with Crippen molar-refractivity contribution in [2.24, 2.45) is 0 Å². The summed E-state index contributed by atoms with van der Waals surface area (Å²) in [6.07, 6.45) is 1.30. The SMILES string of the molecule is CCCNC(=O)[C@@H](Cc1ccccc1)N(Cc1ccccc1C)C(=O)CSCc1ccccc1Cl. The molecule has 0 spiro atoms. The molecule has 0 aliphatic heterocycles. The first-order valence-corrected chi connectivity index (χ1v) is 13.5. The molecule has 0 fully saturated rings. The molecule has 0 aliphatic rings. The first-order valence-electron chi connectivity index (χ1n) is 12.0. The van der Waals surface area contributed by atoms with Gasteiger partial charge in [-0.1, -0.05) is 91.3 Å². The molecule has 1 N–H and O–H groups in total. The lowest BCUT2D eigenvalue weighted by Gasteiger charge is -2.32. The van der Waals surface area contributed by atoms with Crippen LogP contribution in [-0.2, 0) is 28.3 Å². The van der Waals surface area contributed by atoms with Crippen LogP contribution in [0.5, 0.6) is 0 Å². The van der Waals surface area contributed by atoms with Crippen LogP contribution in [0.1, 0.15) is 35.6 Å². The molecule has 35 heavy (non-hydrogen) atoms. The summed E-state index contributed by atoms with van der Waals surface area (Å²) in [5.74, 6) is 0.727. The van der Waals surface area contributed by atoms with Crippen molar-refractivity contribution in [2.75, 3.05) is 12.3 Å². The number of aryl methyl sites for hydroxylation is 1. The molecule has 1 atom stereocenters. The summed E-state index contributed by atoms with van der Waals surface area (Å²) in [4.78, 5) is 28.7. The molecule has 0 saturated heterocycles. The topological polar surface area (TPSA) is 49.4 Å². The van der Waals surface area contributed by atoms with E-state index in [-0.39, 0.29) is 17.6 Å². The molecule has 3 aromatic carbocycles. The lowest BCUT2D eigenvalue weighted by molar-refractivity contribution is -0.139. The third kappa shape index (κ3) is 8.15. The van der Waals surface area contributed by atoms with Crippen molar-refractivity contribution in [3.8, 4) is 0 Å². The van der Waals surface area contributed by atoms with E-state index in [2.05, 4.69) is 5.32 Å². The molecule has 0 heterocycles.